The zero-order chi connectivity index (χ0) is 12.7. The van der Waals surface area contributed by atoms with Crippen LogP contribution < -0.4 is 0 Å². The lowest BCUT2D eigenvalue weighted by Gasteiger charge is -2.33. The molecule has 6 nitrogen and oxygen atoms in total. The lowest BCUT2D eigenvalue weighted by molar-refractivity contribution is -0.137. The van der Waals surface area contributed by atoms with Gasteiger partial charge in [0.15, 0.2) is 0 Å². The number of amides is 2. The van der Waals surface area contributed by atoms with Crippen molar-refractivity contribution in [3.63, 3.8) is 0 Å². The van der Waals surface area contributed by atoms with Gasteiger partial charge in [0.25, 0.3) is 0 Å². The zero-order valence-corrected chi connectivity index (χ0v) is 10.5. The van der Waals surface area contributed by atoms with Gasteiger partial charge in [0.2, 0.25) is 5.91 Å². The van der Waals surface area contributed by atoms with Gasteiger partial charge in [0, 0.05) is 32.8 Å². The van der Waals surface area contributed by atoms with E-state index >= 15 is 0 Å². The molecule has 1 fully saturated rings. The van der Waals surface area contributed by atoms with Crippen LogP contribution >= 0.6 is 0 Å². The third-order valence-corrected chi connectivity index (χ3v) is 2.59. The Balaban J connectivity index is 2.30. The molecule has 0 N–H and O–H groups in total. The lowest BCUT2D eigenvalue weighted by Crippen LogP contribution is -2.51. The van der Waals surface area contributed by atoms with Gasteiger partial charge in [0.1, 0.15) is 6.61 Å². The summed E-state index contributed by atoms with van der Waals surface area (Å²) >= 11 is 0. The summed E-state index contributed by atoms with van der Waals surface area (Å²) in [7, 11) is 0. The number of hydrogen-bond donors (Lipinski definition) is 0. The average Bonchev–Trinajstić information content (AvgIpc) is 2.36. The molecule has 1 aliphatic heterocycles. The smallest absolute Gasteiger partial charge is 0.409 e. The highest BCUT2D eigenvalue weighted by molar-refractivity contribution is 5.78. The van der Waals surface area contributed by atoms with Gasteiger partial charge in [-0.25, -0.2) is 4.79 Å². The van der Waals surface area contributed by atoms with Gasteiger partial charge in [-0.2, -0.15) is 0 Å². The summed E-state index contributed by atoms with van der Waals surface area (Å²) in [6.07, 6.45) is -0.301. The van der Waals surface area contributed by atoms with E-state index in [-0.39, 0.29) is 18.6 Å². The van der Waals surface area contributed by atoms with E-state index in [0.29, 0.717) is 39.4 Å². The van der Waals surface area contributed by atoms with Crippen molar-refractivity contribution in [1.29, 1.82) is 0 Å². The number of carbonyl (C=O) groups is 2. The lowest BCUT2D eigenvalue weighted by atomic mass is 10.3. The molecule has 98 valence electrons. The summed E-state index contributed by atoms with van der Waals surface area (Å²) in [4.78, 5) is 26.4. The molecule has 0 bridgehead atoms. The first-order chi connectivity index (χ1) is 8.19. The third kappa shape index (κ3) is 4.22. The van der Waals surface area contributed by atoms with Crippen LogP contribution in [0.4, 0.5) is 4.79 Å². The molecule has 0 unspecified atom stereocenters. The summed E-state index contributed by atoms with van der Waals surface area (Å²) < 4.78 is 9.97. The van der Waals surface area contributed by atoms with Gasteiger partial charge in [-0.05, 0) is 13.8 Å². The van der Waals surface area contributed by atoms with Crippen molar-refractivity contribution in [1.82, 2.24) is 9.80 Å². The quantitative estimate of drug-likeness (QED) is 0.714. The minimum Gasteiger partial charge on any atom is -0.450 e. The second-order valence-electron chi connectivity index (χ2n) is 3.70. The second-order valence-corrected chi connectivity index (χ2v) is 3.70. The van der Waals surface area contributed by atoms with Gasteiger partial charge in [0.05, 0.1) is 6.61 Å². The number of ether oxygens (including phenoxy) is 2. The topological polar surface area (TPSA) is 59.1 Å². The van der Waals surface area contributed by atoms with Gasteiger partial charge in [-0.15, -0.1) is 0 Å². The fourth-order valence-corrected chi connectivity index (χ4v) is 1.63. The van der Waals surface area contributed by atoms with Crippen LogP contribution in [0.3, 0.4) is 0 Å². The molecule has 0 aromatic heterocycles. The van der Waals surface area contributed by atoms with Crippen molar-refractivity contribution in [2.75, 3.05) is 46.0 Å². The first-order valence-corrected chi connectivity index (χ1v) is 5.96. The van der Waals surface area contributed by atoms with Crippen molar-refractivity contribution >= 4 is 12.0 Å². The molecular weight excluding hydrogens is 224 g/mol. The summed E-state index contributed by atoms with van der Waals surface area (Å²) in [6.45, 7) is 6.81. The highest BCUT2D eigenvalue weighted by Gasteiger charge is 2.24. The molecule has 2 amide bonds. The normalized spacial score (nSPS) is 15.9. The van der Waals surface area contributed by atoms with Crippen LogP contribution in [0, 0.1) is 0 Å². The van der Waals surface area contributed by atoms with Crippen LogP contribution in [-0.4, -0.2) is 67.8 Å². The molecule has 0 saturated carbocycles. The first-order valence-electron chi connectivity index (χ1n) is 5.96. The second kappa shape index (κ2) is 7.11. The highest BCUT2D eigenvalue weighted by atomic mass is 16.6. The van der Waals surface area contributed by atoms with Crippen LogP contribution in [0.1, 0.15) is 13.8 Å². The molecule has 1 aliphatic rings. The Morgan fingerprint density at radius 1 is 1.00 bits per heavy atom. The Morgan fingerprint density at radius 3 is 2.12 bits per heavy atom. The summed E-state index contributed by atoms with van der Waals surface area (Å²) in [5.41, 5.74) is 0. The van der Waals surface area contributed by atoms with Crippen LogP contribution in [0.2, 0.25) is 0 Å². The molecule has 0 aliphatic carbocycles. The van der Waals surface area contributed by atoms with Crippen molar-refractivity contribution in [3.05, 3.63) is 0 Å². The highest BCUT2D eigenvalue weighted by Crippen LogP contribution is 2.04. The van der Waals surface area contributed by atoms with E-state index in [4.69, 9.17) is 9.47 Å². The van der Waals surface area contributed by atoms with Gasteiger partial charge in [-0.1, -0.05) is 0 Å². The standard InChI is InChI=1S/C11H20N2O4/c1-3-16-9-10(14)12-5-7-13(8-6-12)11(15)17-4-2/h3-9H2,1-2H3. The Bertz CT molecular complexity index is 262. The number of nitrogens with zero attached hydrogens (tertiary/aromatic N) is 2. The molecule has 0 radical (unpaired) electrons. The van der Waals surface area contributed by atoms with E-state index in [0.717, 1.165) is 0 Å². The van der Waals surface area contributed by atoms with Crippen molar-refractivity contribution < 1.29 is 19.1 Å². The molecule has 1 saturated heterocycles. The van der Waals surface area contributed by atoms with Crippen molar-refractivity contribution in [3.8, 4) is 0 Å². The van der Waals surface area contributed by atoms with E-state index in [1.165, 1.54) is 0 Å². The van der Waals surface area contributed by atoms with E-state index < -0.39 is 0 Å². The van der Waals surface area contributed by atoms with E-state index in [1.54, 1.807) is 16.7 Å². The Morgan fingerprint density at radius 2 is 1.59 bits per heavy atom. The molecular formula is C11H20N2O4. The van der Waals surface area contributed by atoms with Gasteiger partial charge in [-0.3, -0.25) is 4.79 Å². The molecule has 0 spiro atoms. The predicted octanol–water partition coefficient (Wildman–Crippen LogP) is 0.324. The van der Waals surface area contributed by atoms with Crippen LogP contribution in [0.15, 0.2) is 0 Å². The number of hydrogen-bond acceptors (Lipinski definition) is 4. The zero-order valence-electron chi connectivity index (χ0n) is 10.5. The molecule has 0 atom stereocenters. The molecule has 1 rings (SSSR count). The summed E-state index contributed by atoms with van der Waals surface area (Å²) in [6, 6.07) is 0. The number of carbonyl (C=O) groups excluding carboxylic acids is 2. The Labute approximate surface area is 101 Å². The van der Waals surface area contributed by atoms with E-state index in [9.17, 15) is 9.59 Å². The number of rotatable bonds is 4. The van der Waals surface area contributed by atoms with Crippen molar-refractivity contribution in [2.24, 2.45) is 0 Å². The van der Waals surface area contributed by atoms with Crippen LogP contribution in [-0.2, 0) is 14.3 Å². The molecule has 0 aromatic rings. The fraction of sp³-hybridized carbons (Fsp3) is 0.818. The predicted molar refractivity (Wildman–Crippen MR) is 61.7 cm³/mol. The maximum atomic E-state index is 11.6. The van der Waals surface area contributed by atoms with E-state index in [2.05, 4.69) is 0 Å². The Kier molecular flexibility index (Phi) is 5.76. The minimum atomic E-state index is -0.301. The largest absolute Gasteiger partial charge is 0.450 e. The fourth-order valence-electron chi connectivity index (χ4n) is 1.63. The van der Waals surface area contributed by atoms with Gasteiger partial charge < -0.3 is 19.3 Å². The maximum Gasteiger partial charge on any atom is 0.409 e. The van der Waals surface area contributed by atoms with Gasteiger partial charge >= 0.3 is 6.09 Å². The summed E-state index contributed by atoms with van der Waals surface area (Å²) in [5.74, 6) is -0.0182. The molecule has 1 heterocycles. The molecule has 6 heteroatoms. The summed E-state index contributed by atoms with van der Waals surface area (Å²) in [5, 5.41) is 0. The molecule has 0 aromatic carbocycles. The average molecular weight is 244 g/mol. The molecule has 17 heavy (non-hydrogen) atoms. The SMILES string of the molecule is CCOCC(=O)N1CCN(C(=O)OCC)CC1. The maximum absolute atomic E-state index is 11.6. The van der Waals surface area contributed by atoms with Crippen molar-refractivity contribution in [2.45, 2.75) is 13.8 Å². The number of piperazine rings is 1. The van der Waals surface area contributed by atoms with Crippen LogP contribution in [0.5, 0.6) is 0 Å². The van der Waals surface area contributed by atoms with E-state index in [1.807, 2.05) is 6.92 Å². The Hall–Kier alpha value is -1.30. The minimum absolute atomic E-state index is 0.0182. The first kappa shape index (κ1) is 13.8. The van der Waals surface area contributed by atoms with Crippen LogP contribution in [0.25, 0.3) is 0 Å². The monoisotopic (exact) mass is 244 g/mol. The third-order valence-electron chi connectivity index (χ3n) is 2.59.